The number of benzene rings is 1. The van der Waals surface area contributed by atoms with Gasteiger partial charge in [-0.15, -0.1) is 0 Å². The van der Waals surface area contributed by atoms with Crippen LogP contribution in [0, 0.1) is 0 Å². The number of hydrogen-bond donors (Lipinski definition) is 1. The van der Waals surface area contributed by atoms with Gasteiger partial charge in [0.25, 0.3) is 5.91 Å². The van der Waals surface area contributed by atoms with Gasteiger partial charge in [-0.3, -0.25) is 4.79 Å². The minimum Gasteiger partial charge on any atom is -0.388 e. The molecule has 0 spiro atoms. The van der Waals surface area contributed by atoms with Gasteiger partial charge in [-0.05, 0) is 25.1 Å². The van der Waals surface area contributed by atoms with E-state index < -0.39 is 0 Å². The molecule has 0 heterocycles. The molecule has 0 bridgehead atoms. The van der Waals surface area contributed by atoms with Gasteiger partial charge in [0.05, 0.1) is 0 Å². The SMILES string of the molecule is CCN(C)C(=O)c1cccc(NC)c1. The quantitative estimate of drug-likeness (QED) is 0.792. The first-order valence-corrected chi connectivity index (χ1v) is 4.72. The summed E-state index contributed by atoms with van der Waals surface area (Å²) in [4.78, 5) is 13.4. The van der Waals surface area contributed by atoms with Gasteiger partial charge in [0.15, 0.2) is 0 Å². The van der Waals surface area contributed by atoms with E-state index in [1.165, 1.54) is 0 Å². The van der Waals surface area contributed by atoms with Crippen LogP contribution in [-0.2, 0) is 0 Å². The number of nitrogens with zero attached hydrogens (tertiary/aromatic N) is 1. The lowest BCUT2D eigenvalue weighted by Gasteiger charge is -2.14. The highest BCUT2D eigenvalue weighted by atomic mass is 16.2. The Bertz CT molecular complexity index is 323. The van der Waals surface area contributed by atoms with Crippen LogP contribution in [0.5, 0.6) is 0 Å². The summed E-state index contributed by atoms with van der Waals surface area (Å²) in [5, 5.41) is 3.01. The zero-order chi connectivity index (χ0) is 10.6. The van der Waals surface area contributed by atoms with Gasteiger partial charge in [-0.1, -0.05) is 6.07 Å². The summed E-state index contributed by atoms with van der Waals surface area (Å²) in [5.41, 5.74) is 1.68. The van der Waals surface area contributed by atoms with Crippen molar-refractivity contribution >= 4 is 11.6 Å². The predicted molar refractivity (Wildman–Crippen MR) is 58.6 cm³/mol. The van der Waals surface area contributed by atoms with Crippen molar-refractivity contribution < 1.29 is 4.79 Å². The Kier molecular flexibility index (Phi) is 3.51. The van der Waals surface area contributed by atoms with Crippen molar-refractivity contribution in [3.8, 4) is 0 Å². The monoisotopic (exact) mass is 192 g/mol. The predicted octanol–water partition coefficient (Wildman–Crippen LogP) is 1.82. The van der Waals surface area contributed by atoms with Crippen molar-refractivity contribution in [3.63, 3.8) is 0 Å². The first-order valence-electron chi connectivity index (χ1n) is 4.72. The number of rotatable bonds is 3. The zero-order valence-electron chi connectivity index (χ0n) is 8.87. The lowest BCUT2D eigenvalue weighted by Crippen LogP contribution is -2.26. The van der Waals surface area contributed by atoms with E-state index in [1.807, 2.05) is 38.2 Å². The standard InChI is InChI=1S/C11H16N2O/c1-4-13(3)11(14)9-6-5-7-10(8-9)12-2/h5-8,12H,4H2,1-3H3. The maximum atomic E-state index is 11.7. The molecule has 0 radical (unpaired) electrons. The number of nitrogens with one attached hydrogen (secondary N) is 1. The number of carbonyl (C=O) groups is 1. The van der Waals surface area contributed by atoms with E-state index in [1.54, 1.807) is 11.9 Å². The summed E-state index contributed by atoms with van der Waals surface area (Å²) in [5.74, 6) is 0.0598. The van der Waals surface area contributed by atoms with Gasteiger partial charge >= 0.3 is 0 Å². The highest BCUT2D eigenvalue weighted by molar-refractivity contribution is 5.94. The number of amides is 1. The molecule has 0 aromatic heterocycles. The molecular formula is C11H16N2O. The molecule has 0 aliphatic heterocycles. The summed E-state index contributed by atoms with van der Waals surface area (Å²) in [7, 11) is 3.64. The molecule has 0 aliphatic rings. The van der Waals surface area contributed by atoms with Crippen molar-refractivity contribution in [2.75, 3.05) is 26.0 Å². The minimum atomic E-state index is 0.0598. The molecule has 0 fully saturated rings. The van der Waals surface area contributed by atoms with Crippen molar-refractivity contribution in [2.45, 2.75) is 6.92 Å². The van der Waals surface area contributed by atoms with E-state index in [0.29, 0.717) is 0 Å². The van der Waals surface area contributed by atoms with Gasteiger partial charge in [0.2, 0.25) is 0 Å². The second kappa shape index (κ2) is 4.65. The lowest BCUT2D eigenvalue weighted by molar-refractivity contribution is 0.0802. The van der Waals surface area contributed by atoms with Crippen LogP contribution >= 0.6 is 0 Å². The Morgan fingerprint density at radius 1 is 1.50 bits per heavy atom. The summed E-state index contributed by atoms with van der Waals surface area (Å²) in [6.45, 7) is 2.68. The first kappa shape index (κ1) is 10.6. The lowest BCUT2D eigenvalue weighted by atomic mass is 10.2. The zero-order valence-corrected chi connectivity index (χ0v) is 8.87. The van der Waals surface area contributed by atoms with Gasteiger partial charge in [0.1, 0.15) is 0 Å². The Labute approximate surface area is 84.7 Å². The van der Waals surface area contributed by atoms with Gasteiger partial charge < -0.3 is 10.2 Å². The third kappa shape index (κ3) is 2.25. The van der Waals surface area contributed by atoms with E-state index in [2.05, 4.69) is 5.32 Å². The molecular weight excluding hydrogens is 176 g/mol. The normalized spacial score (nSPS) is 9.64. The molecule has 76 valence electrons. The molecule has 1 N–H and O–H groups in total. The number of carbonyl (C=O) groups excluding carboxylic acids is 1. The summed E-state index contributed by atoms with van der Waals surface area (Å²) < 4.78 is 0. The highest BCUT2D eigenvalue weighted by Crippen LogP contribution is 2.11. The second-order valence-corrected chi connectivity index (χ2v) is 3.15. The average molecular weight is 192 g/mol. The topological polar surface area (TPSA) is 32.3 Å². The maximum Gasteiger partial charge on any atom is 0.253 e. The molecule has 0 saturated carbocycles. The minimum absolute atomic E-state index is 0.0598. The highest BCUT2D eigenvalue weighted by Gasteiger charge is 2.09. The van der Waals surface area contributed by atoms with Crippen molar-refractivity contribution in [2.24, 2.45) is 0 Å². The van der Waals surface area contributed by atoms with Crippen molar-refractivity contribution in [3.05, 3.63) is 29.8 Å². The number of anilines is 1. The molecule has 3 heteroatoms. The maximum absolute atomic E-state index is 11.7. The Morgan fingerprint density at radius 3 is 2.79 bits per heavy atom. The number of hydrogen-bond acceptors (Lipinski definition) is 2. The fourth-order valence-electron chi connectivity index (χ4n) is 1.17. The van der Waals surface area contributed by atoms with E-state index in [4.69, 9.17) is 0 Å². The van der Waals surface area contributed by atoms with Gasteiger partial charge in [-0.2, -0.15) is 0 Å². The summed E-state index contributed by atoms with van der Waals surface area (Å²) in [6.07, 6.45) is 0. The van der Waals surface area contributed by atoms with E-state index in [0.717, 1.165) is 17.8 Å². The third-order valence-corrected chi connectivity index (χ3v) is 2.22. The fourth-order valence-corrected chi connectivity index (χ4v) is 1.17. The van der Waals surface area contributed by atoms with Crippen LogP contribution in [0.25, 0.3) is 0 Å². The Balaban J connectivity index is 2.90. The fraction of sp³-hybridized carbons (Fsp3) is 0.364. The molecule has 1 amide bonds. The van der Waals surface area contributed by atoms with Crippen LogP contribution in [0.1, 0.15) is 17.3 Å². The molecule has 0 saturated heterocycles. The molecule has 1 aromatic carbocycles. The summed E-state index contributed by atoms with van der Waals surface area (Å²) >= 11 is 0. The van der Waals surface area contributed by atoms with Crippen molar-refractivity contribution in [1.82, 2.24) is 4.90 Å². The van der Waals surface area contributed by atoms with Crippen LogP contribution in [-0.4, -0.2) is 31.4 Å². The molecule has 1 rings (SSSR count). The van der Waals surface area contributed by atoms with E-state index in [-0.39, 0.29) is 5.91 Å². The Morgan fingerprint density at radius 2 is 2.21 bits per heavy atom. The second-order valence-electron chi connectivity index (χ2n) is 3.15. The first-order chi connectivity index (χ1) is 6.69. The van der Waals surface area contributed by atoms with Crippen LogP contribution in [0.2, 0.25) is 0 Å². The largest absolute Gasteiger partial charge is 0.388 e. The van der Waals surface area contributed by atoms with Gasteiger partial charge in [0, 0.05) is 31.9 Å². The van der Waals surface area contributed by atoms with Crippen LogP contribution in [0.3, 0.4) is 0 Å². The third-order valence-electron chi connectivity index (χ3n) is 2.22. The molecule has 14 heavy (non-hydrogen) atoms. The summed E-state index contributed by atoms with van der Waals surface area (Å²) in [6, 6.07) is 7.50. The van der Waals surface area contributed by atoms with Gasteiger partial charge in [-0.25, -0.2) is 0 Å². The van der Waals surface area contributed by atoms with Crippen LogP contribution in [0.4, 0.5) is 5.69 Å². The molecule has 0 unspecified atom stereocenters. The average Bonchev–Trinajstić information content (AvgIpc) is 2.27. The Hall–Kier alpha value is -1.51. The van der Waals surface area contributed by atoms with E-state index >= 15 is 0 Å². The molecule has 1 aromatic rings. The molecule has 0 atom stereocenters. The van der Waals surface area contributed by atoms with Crippen molar-refractivity contribution in [1.29, 1.82) is 0 Å². The van der Waals surface area contributed by atoms with Crippen LogP contribution < -0.4 is 5.32 Å². The van der Waals surface area contributed by atoms with Crippen LogP contribution in [0.15, 0.2) is 24.3 Å². The van der Waals surface area contributed by atoms with E-state index in [9.17, 15) is 4.79 Å². The smallest absolute Gasteiger partial charge is 0.253 e. The molecule has 3 nitrogen and oxygen atoms in total. The molecule has 0 aliphatic carbocycles.